The molecule has 0 aliphatic heterocycles. The third kappa shape index (κ3) is 5.41. The molecular formula is C14H19N3O5. The summed E-state index contributed by atoms with van der Waals surface area (Å²) in [6, 6.07) is 6.50. The first-order valence-corrected chi connectivity index (χ1v) is 6.62. The molecule has 0 spiro atoms. The fourth-order valence-electron chi connectivity index (χ4n) is 1.87. The molecule has 0 bridgehead atoms. The molecule has 1 aromatic rings. The van der Waals surface area contributed by atoms with Gasteiger partial charge in [0.25, 0.3) is 0 Å². The van der Waals surface area contributed by atoms with Crippen LogP contribution in [-0.4, -0.2) is 46.3 Å². The van der Waals surface area contributed by atoms with E-state index in [2.05, 4.69) is 5.32 Å². The molecule has 0 aromatic heterocycles. The number of carboxylic acid groups (broad SMARTS) is 1. The number of hydrogen-bond donors (Lipinski definition) is 5. The zero-order valence-electron chi connectivity index (χ0n) is 12.0. The SMILES string of the molecule is C[C@H](O)[C@H](NC(=O)O)C(=O)N[C@H](Cc1ccccc1)C(N)=O. The third-order valence-corrected chi connectivity index (χ3v) is 2.99. The predicted octanol–water partition coefficient (Wildman–Crippen LogP) is -0.784. The van der Waals surface area contributed by atoms with Crippen molar-refractivity contribution in [1.29, 1.82) is 0 Å². The lowest BCUT2D eigenvalue weighted by Crippen LogP contribution is -2.56. The van der Waals surface area contributed by atoms with E-state index >= 15 is 0 Å². The van der Waals surface area contributed by atoms with Crippen LogP contribution in [0.2, 0.25) is 0 Å². The number of rotatable bonds is 7. The van der Waals surface area contributed by atoms with Crippen LogP contribution in [-0.2, 0) is 16.0 Å². The fourth-order valence-corrected chi connectivity index (χ4v) is 1.87. The van der Waals surface area contributed by atoms with Crippen molar-refractivity contribution in [3.05, 3.63) is 35.9 Å². The van der Waals surface area contributed by atoms with Gasteiger partial charge in [0.15, 0.2) is 0 Å². The maximum Gasteiger partial charge on any atom is 0.405 e. The summed E-state index contributed by atoms with van der Waals surface area (Å²) < 4.78 is 0. The van der Waals surface area contributed by atoms with E-state index in [9.17, 15) is 19.5 Å². The van der Waals surface area contributed by atoms with E-state index in [1.54, 1.807) is 24.3 Å². The van der Waals surface area contributed by atoms with Crippen molar-refractivity contribution >= 4 is 17.9 Å². The van der Waals surface area contributed by atoms with Crippen molar-refractivity contribution in [2.45, 2.75) is 31.5 Å². The lowest BCUT2D eigenvalue weighted by Gasteiger charge is -2.22. The van der Waals surface area contributed by atoms with Gasteiger partial charge in [-0.15, -0.1) is 0 Å². The van der Waals surface area contributed by atoms with Gasteiger partial charge < -0.3 is 26.6 Å². The monoisotopic (exact) mass is 309 g/mol. The number of hydrogen-bond acceptors (Lipinski definition) is 4. The number of aliphatic hydroxyl groups is 1. The van der Waals surface area contributed by atoms with Gasteiger partial charge in [-0.05, 0) is 12.5 Å². The topological polar surface area (TPSA) is 142 Å². The average Bonchev–Trinajstić information content (AvgIpc) is 2.44. The minimum absolute atomic E-state index is 0.168. The number of aliphatic hydroxyl groups excluding tert-OH is 1. The Morgan fingerprint density at radius 2 is 1.77 bits per heavy atom. The van der Waals surface area contributed by atoms with E-state index in [0.717, 1.165) is 5.56 Å². The molecule has 6 N–H and O–H groups in total. The van der Waals surface area contributed by atoms with Crippen molar-refractivity contribution in [3.8, 4) is 0 Å². The van der Waals surface area contributed by atoms with Crippen LogP contribution in [0.5, 0.6) is 0 Å². The van der Waals surface area contributed by atoms with Crippen LogP contribution >= 0.6 is 0 Å². The van der Waals surface area contributed by atoms with Gasteiger partial charge in [0.1, 0.15) is 12.1 Å². The Morgan fingerprint density at radius 3 is 2.23 bits per heavy atom. The van der Waals surface area contributed by atoms with E-state index in [4.69, 9.17) is 10.8 Å². The number of nitrogens with two attached hydrogens (primary N) is 1. The predicted molar refractivity (Wildman–Crippen MR) is 77.9 cm³/mol. The highest BCUT2D eigenvalue weighted by Crippen LogP contribution is 2.04. The molecule has 0 radical (unpaired) electrons. The molecule has 8 nitrogen and oxygen atoms in total. The van der Waals surface area contributed by atoms with Gasteiger partial charge in [-0.1, -0.05) is 30.3 Å². The molecule has 0 aliphatic carbocycles. The Hall–Kier alpha value is -2.61. The molecule has 0 fully saturated rings. The molecule has 0 unspecified atom stereocenters. The number of carbonyl (C=O) groups excluding carboxylic acids is 2. The number of amides is 3. The van der Waals surface area contributed by atoms with Gasteiger partial charge >= 0.3 is 6.09 Å². The minimum atomic E-state index is -1.46. The second-order valence-corrected chi connectivity index (χ2v) is 4.82. The summed E-state index contributed by atoms with van der Waals surface area (Å²) in [5.41, 5.74) is 6.04. The molecule has 1 rings (SSSR count). The molecule has 0 heterocycles. The zero-order chi connectivity index (χ0) is 16.7. The van der Waals surface area contributed by atoms with Crippen molar-refractivity contribution in [3.63, 3.8) is 0 Å². The first-order chi connectivity index (χ1) is 10.3. The van der Waals surface area contributed by atoms with Crippen molar-refractivity contribution in [2.24, 2.45) is 5.73 Å². The van der Waals surface area contributed by atoms with Crippen LogP contribution in [0.4, 0.5) is 4.79 Å². The van der Waals surface area contributed by atoms with Crippen molar-refractivity contribution in [1.82, 2.24) is 10.6 Å². The van der Waals surface area contributed by atoms with E-state index in [1.807, 2.05) is 11.4 Å². The first kappa shape index (κ1) is 17.4. The molecule has 3 atom stereocenters. The highest BCUT2D eigenvalue weighted by molar-refractivity contribution is 5.91. The van der Waals surface area contributed by atoms with Gasteiger partial charge in [0, 0.05) is 6.42 Å². The van der Waals surface area contributed by atoms with E-state index in [1.165, 1.54) is 6.92 Å². The maximum atomic E-state index is 12.0. The smallest absolute Gasteiger partial charge is 0.405 e. The molecule has 8 heteroatoms. The Bertz CT molecular complexity index is 533. The van der Waals surface area contributed by atoms with E-state index in [-0.39, 0.29) is 6.42 Å². The quantitative estimate of drug-likeness (QED) is 0.449. The summed E-state index contributed by atoms with van der Waals surface area (Å²) in [7, 11) is 0. The molecule has 1 aromatic carbocycles. The number of nitrogens with one attached hydrogen (secondary N) is 2. The maximum absolute atomic E-state index is 12.0. The molecule has 0 saturated heterocycles. The molecule has 120 valence electrons. The Kier molecular flexibility index (Phi) is 6.33. The van der Waals surface area contributed by atoms with Crippen molar-refractivity contribution in [2.75, 3.05) is 0 Å². The summed E-state index contributed by atoms with van der Waals surface area (Å²) in [4.78, 5) is 34.1. The molecule has 22 heavy (non-hydrogen) atoms. The molecule has 0 aliphatic rings. The Labute approximate surface area is 127 Å². The molecule has 0 saturated carbocycles. The van der Waals surface area contributed by atoms with Crippen LogP contribution < -0.4 is 16.4 Å². The highest BCUT2D eigenvalue weighted by atomic mass is 16.4. The number of carbonyl (C=O) groups is 3. The molecule has 3 amide bonds. The van der Waals surface area contributed by atoms with Gasteiger partial charge in [0.05, 0.1) is 6.10 Å². The van der Waals surface area contributed by atoms with Gasteiger partial charge in [0.2, 0.25) is 11.8 Å². The summed E-state index contributed by atoms with van der Waals surface area (Å²) in [5.74, 6) is -1.57. The zero-order valence-corrected chi connectivity index (χ0v) is 12.0. The second kappa shape index (κ2) is 7.99. The lowest BCUT2D eigenvalue weighted by molar-refractivity contribution is -0.130. The molecular weight excluding hydrogens is 290 g/mol. The fraction of sp³-hybridized carbons (Fsp3) is 0.357. The Balaban J connectivity index is 2.78. The van der Waals surface area contributed by atoms with Crippen molar-refractivity contribution < 1.29 is 24.6 Å². The highest BCUT2D eigenvalue weighted by Gasteiger charge is 2.29. The van der Waals surface area contributed by atoms with Crippen LogP contribution in [0.3, 0.4) is 0 Å². The third-order valence-electron chi connectivity index (χ3n) is 2.99. The van der Waals surface area contributed by atoms with Crippen LogP contribution in [0.25, 0.3) is 0 Å². The van der Waals surface area contributed by atoms with Gasteiger partial charge in [-0.2, -0.15) is 0 Å². The van der Waals surface area contributed by atoms with Crippen LogP contribution in [0.15, 0.2) is 30.3 Å². The van der Waals surface area contributed by atoms with Gasteiger partial charge in [-0.3, -0.25) is 9.59 Å². The summed E-state index contributed by atoms with van der Waals surface area (Å²) in [6.45, 7) is 1.26. The van der Waals surface area contributed by atoms with Gasteiger partial charge in [-0.25, -0.2) is 4.79 Å². The largest absolute Gasteiger partial charge is 0.465 e. The summed E-state index contributed by atoms with van der Waals surface area (Å²) in [5, 5.41) is 22.4. The first-order valence-electron chi connectivity index (χ1n) is 6.62. The van der Waals surface area contributed by atoms with E-state index in [0.29, 0.717) is 0 Å². The summed E-state index contributed by atoms with van der Waals surface area (Å²) >= 11 is 0. The van der Waals surface area contributed by atoms with E-state index < -0.39 is 36.1 Å². The Morgan fingerprint density at radius 1 is 1.18 bits per heavy atom. The standard InChI is InChI=1S/C14H19N3O5/c1-8(18)11(17-14(21)22)13(20)16-10(12(15)19)7-9-5-3-2-4-6-9/h2-6,8,10-11,17-18H,7H2,1H3,(H2,15,19)(H,16,20)(H,21,22)/t8-,10+,11-/m0/s1. The number of primary amides is 1. The second-order valence-electron chi connectivity index (χ2n) is 4.82. The van der Waals surface area contributed by atoms with Crippen LogP contribution in [0.1, 0.15) is 12.5 Å². The number of benzene rings is 1. The lowest BCUT2D eigenvalue weighted by atomic mass is 10.0. The average molecular weight is 309 g/mol. The summed E-state index contributed by atoms with van der Waals surface area (Å²) in [6.07, 6.45) is -2.55. The minimum Gasteiger partial charge on any atom is -0.465 e. The normalized spacial score (nSPS) is 14.5. The van der Waals surface area contributed by atoms with Crippen LogP contribution in [0, 0.1) is 0 Å².